The van der Waals surface area contributed by atoms with Gasteiger partial charge in [0.25, 0.3) is 5.69 Å². The van der Waals surface area contributed by atoms with Gasteiger partial charge in [-0.05, 0) is 23.1 Å². The molecule has 0 aliphatic carbocycles. The molecular weight excluding hydrogens is 348 g/mol. The molecular formula is C19H18N4O4. The smallest absolute Gasteiger partial charge is 0.322 e. The molecule has 0 spiro atoms. The van der Waals surface area contributed by atoms with E-state index in [1.165, 1.54) is 29.8 Å². The van der Waals surface area contributed by atoms with Gasteiger partial charge in [-0.1, -0.05) is 48.4 Å². The molecule has 1 aromatic heterocycles. The Bertz CT molecular complexity index is 933. The number of hydrogen-bond acceptors (Lipinski definition) is 6. The molecule has 0 unspecified atom stereocenters. The van der Waals surface area contributed by atoms with E-state index in [0.717, 1.165) is 12.0 Å². The normalized spacial score (nSPS) is 10.6. The minimum Gasteiger partial charge on any atom is -0.407 e. The fraction of sp³-hybridized carbons (Fsp3) is 0.211. The molecule has 2 aromatic carbocycles. The van der Waals surface area contributed by atoms with Crippen LogP contribution in [0.15, 0.2) is 52.9 Å². The van der Waals surface area contributed by atoms with Gasteiger partial charge in [0, 0.05) is 12.1 Å². The molecule has 0 fully saturated rings. The first-order valence-electron chi connectivity index (χ1n) is 8.47. The Labute approximate surface area is 155 Å². The lowest BCUT2D eigenvalue weighted by molar-refractivity contribution is -0.384. The summed E-state index contributed by atoms with van der Waals surface area (Å²) in [5, 5.41) is 20.9. The summed E-state index contributed by atoms with van der Waals surface area (Å²) in [6.45, 7) is 2.10. The van der Waals surface area contributed by atoms with Crippen molar-refractivity contribution in [2.75, 3.05) is 5.32 Å². The van der Waals surface area contributed by atoms with Crippen LogP contribution in [0.1, 0.15) is 29.5 Å². The highest BCUT2D eigenvalue weighted by molar-refractivity contribution is 5.90. The van der Waals surface area contributed by atoms with E-state index in [1.54, 1.807) is 0 Å². The number of aromatic nitrogens is 2. The van der Waals surface area contributed by atoms with Crippen molar-refractivity contribution in [2.24, 2.45) is 0 Å². The number of carbonyl (C=O) groups is 1. The maximum Gasteiger partial charge on any atom is 0.322 e. The molecule has 1 heterocycles. The molecule has 8 nitrogen and oxygen atoms in total. The first-order valence-corrected chi connectivity index (χ1v) is 8.47. The van der Waals surface area contributed by atoms with Crippen molar-refractivity contribution >= 4 is 17.6 Å². The third kappa shape index (κ3) is 4.97. The second kappa shape index (κ2) is 8.22. The summed E-state index contributed by atoms with van der Waals surface area (Å²) in [4.78, 5) is 22.2. The molecule has 3 aromatic rings. The zero-order valence-electron chi connectivity index (χ0n) is 14.7. The number of rotatable bonds is 7. The molecule has 0 saturated carbocycles. The van der Waals surface area contributed by atoms with Crippen LogP contribution in [0.3, 0.4) is 0 Å². The predicted octanol–water partition coefficient (Wildman–Crippen LogP) is 3.31. The van der Waals surface area contributed by atoms with Crippen molar-refractivity contribution in [2.45, 2.75) is 26.2 Å². The van der Waals surface area contributed by atoms with E-state index in [9.17, 15) is 14.9 Å². The predicted molar refractivity (Wildman–Crippen MR) is 98.4 cm³/mol. The first-order chi connectivity index (χ1) is 13.0. The highest BCUT2D eigenvalue weighted by Crippen LogP contribution is 2.15. The fourth-order valence-electron chi connectivity index (χ4n) is 2.53. The summed E-state index contributed by atoms with van der Waals surface area (Å²) in [6.07, 6.45) is 1.51. The largest absolute Gasteiger partial charge is 0.407 e. The molecule has 8 heteroatoms. The number of hydrogen-bond donors (Lipinski definition) is 1. The Morgan fingerprint density at radius 1 is 1.04 bits per heavy atom. The quantitative estimate of drug-likeness (QED) is 0.507. The van der Waals surface area contributed by atoms with Gasteiger partial charge >= 0.3 is 6.01 Å². The third-order valence-electron chi connectivity index (χ3n) is 4.01. The maximum atomic E-state index is 12.1. The highest BCUT2D eigenvalue weighted by atomic mass is 16.6. The SMILES string of the molecule is CCc1ccc(Cc2nnc(NC(=O)Cc3ccc([N+](=O)[O-])cc3)o2)cc1. The van der Waals surface area contributed by atoms with E-state index < -0.39 is 4.92 Å². The van der Waals surface area contributed by atoms with Gasteiger partial charge in [0.2, 0.25) is 11.8 Å². The van der Waals surface area contributed by atoms with Crippen LogP contribution in [0.5, 0.6) is 0 Å². The molecule has 0 aliphatic heterocycles. The van der Waals surface area contributed by atoms with Crippen LogP contribution >= 0.6 is 0 Å². The molecule has 0 atom stereocenters. The Kier molecular flexibility index (Phi) is 5.55. The number of nitro groups is 1. The summed E-state index contributed by atoms with van der Waals surface area (Å²) in [5.41, 5.74) is 2.92. The van der Waals surface area contributed by atoms with Crippen LogP contribution in [0.2, 0.25) is 0 Å². The molecule has 27 heavy (non-hydrogen) atoms. The fourth-order valence-corrected chi connectivity index (χ4v) is 2.53. The van der Waals surface area contributed by atoms with E-state index in [4.69, 9.17) is 4.42 Å². The lowest BCUT2D eigenvalue weighted by Gasteiger charge is -2.01. The number of aryl methyl sites for hydroxylation is 1. The summed E-state index contributed by atoms with van der Waals surface area (Å²) < 4.78 is 5.46. The summed E-state index contributed by atoms with van der Waals surface area (Å²) in [6, 6.07) is 14.0. The van der Waals surface area contributed by atoms with Crippen molar-refractivity contribution in [1.29, 1.82) is 0 Å². The number of nitrogens with zero attached hydrogens (tertiary/aromatic N) is 3. The Hall–Kier alpha value is -3.55. The average Bonchev–Trinajstić information content (AvgIpc) is 3.09. The zero-order valence-corrected chi connectivity index (χ0v) is 14.7. The minimum atomic E-state index is -0.486. The molecule has 0 aliphatic rings. The van der Waals surface area contributed by atoms with Gasteiger partial charge in [-0.3, -0.25) is 20.2 Å². The topological polar surface area (TPSA) is 111 Å². The molecule has 0 bridgehead atoms. The number of benzene rings is 2. The summed E-state index contributed by atoms with van der Waals surface area (Å²) >= 11 is 0. The van der Waals surface area contributed by atoms with Crippen molar-refractivity contribution in [1.82, 2.24) is 10.2 Å². The van der Waals surface area contributed by atoms with E-state index in [-0.39, 0.29) is 24.0 Å². The van der Waals surface area contributed by atoms with E-state index in [2.05, 4.69) is 34.6 Å². The van der Waals surface area contributed by atoms with Gasteiger partial charge in [-0.2, -0.15) is 0 Å². The third-order valence-corrected chi connectivity index (χ3v) is 4.01. The lowest BCUT2D eigenvalue weighted by Crippen LogP contribution is -2.14. The van der Waals surface area contributed by atoms with E-state index in [1.807, 2.05) is 12.1 Å². The average molecular weight is 366 g/mol. The summed E-state index contributed by atoms with van der Waals surface area (Å²) in [7, 11) is 0. The standard InChI is InChI=1S/C19H18N4O4/c1-2-13-3-5-15(6-4-13)12-18-21-22-19(27-18)20-17(24)11-14-7-9-16(10-8-14)23(25)26/h3-10H,2,11-12H2,1H3,(H,20,22,24). The Balaban J connectivity index is 1.56. The number of nitrogens with one attached hydrogen (secondary N) is 1. The number of amides is 1. The van der Waals surface area contributed by atoms with E-state index >= 15 is 0 Å². The zero-order chi connectivity index (χ0) is 19.2. The maximum absolute atomic E-state index is 12.1. The van der Waals surface area contributed by atoms with Crippen molar-refractivity contribution < 1.29 is 14.1 Å². The van der Waals surface area contributed by atoms with Gasteiger partial charge in [-0.15, -0.1) is 5.10 Å². The second-order valence-corrected chi connectivity index (χ2v) is 6.00. The van der Waals surface area contributed by atoms with Crippen LogP contribution in [-0.4, -0.2) is 21.0 Å². The Morgan fingerprint density at radius 3 is 2.30 bits per heavy atom. The van der Waals surface area contributed by atoms with Crippen LogP contribution < -0.4 is 5.32 Å². The van der Waals surface area contributed by atoms with Crippen molar-refractivity contribution in [3.05, 3.63) is 81.2 Å². The molecule has 138 valence electrons. The molecule has 3 rings (SSSR count). The van der Waals surface area contributed by atoms with Crippen molar-refractivity contribution in [3.8, 4) is 0 Å². The Morgan fingerprint density at radius 2 is 1.67 bits per heavy atom. The van der Waals surface area contributed by atoms with Gasteiger partial charge in [0.05, 0.1) is 17.8 Å². The van der Waals surface area contributed by atoms with Gasteiger partial charge in [0.15, 0.2) is 0 Å². The highest BCUT2D eigenvalue weighted by Gasteiger charge is 2.12. The second-order valence-electron chi connectivity index (χ2n) is 6.00. The van der Waals surface area contributed by atoms with E-state index in [0.29, 0.717) is 17.9 Å². The summed E-state index contributed by atoms with van der Waals surface area (Å²) in [5.74, 6) is 0.0660. The van der Waals surface area contributed by atoms with Crippen LogP contribution in [0.4, 0.5) is 11.7 Å². The first kappa shape index (κ1) is 18.2. The molecule has 0 saturated heterocycles. The molecule has 1 amide bonds. The number of nitro benzene ring substituents is 1. The van der Waals surface area contributed by atoms with Gasteiger partial charge in [0.1, 0.15) is 0 Å². The number of anilines is 1. The lowest BCUT2D eigenvalue weighted by atomic mass is 10.1. The van der Waals surface area contributed by atoms with Gasteiger partial charge < -0.3 is 4.42 Å². The minimum absolute atomic E-state index is 0.0207. The monoisotopic (exact) mass is 366 g/mol. The van der Waals surface area contributed by atoms with Crippen LogP contribution in [0, 0.1) is 10.1 Å². The van der Waals surface area contributed by atoms with Crippen LogP contribution in [-0.2, 0) is 24.1 Å². The molecule has 0 radical (unpaired) electrons. The van der Waals surface area contributed by atoms with Crippen molar-refractivity contribution in [3.63, 3.8) is 0 Å². The van der Waals surface area contributed by atoms with Gasteiger partial charge in [-0.25, -0.2) is 0 Å². The molecule has 1 N–H and O–H groups in total. The number of non-ortho nitro benzene ring substituents is 1. The van der Waals surface area contributed by atoms with Crippen LogP contribution in [0.25, 0.3) is 0 Å². The number of carbonyl (C=O) groups excluding carboxylic acids is 1.